The van der Waals surface area contributed by atoms with Gasteiger partial charge in [-0.25, -0.2) is 8.78 Å². The highest BCUT2D eigenvalue weighted by molar-refractivity contribution is 6.09. The molecule has 0 N–H and O–H groups in total. The monoisotopic (exact) mass is 160 g/mol. The Morgan fingerprint density at radius 2 is 1.73 bits per heavy atom. The van der Waals surface area contributed by atoms with Crippen molar-refractivity contribution in [2.24, 2.45) is 16.1 Å². The fourth-order valence-corrected chi connectivity index (χ4v) is 0.825. The van der Waals surface area contributed by atoms with Crippen LogP contribution in [0.3, 0.4) is 0 Å². The Morgan fingerprint density at radius 1 is 1.18 bits per heavy atom. The zero-order valence-corrected chi connectivity index (χ0v) is 6.51. The minimum absolute atomic E-state index is 0.103. The molecule has 0 fully saturated rings. The van der Waals surface area contributed by atoms with Gasteiger partial charge in [-0.1, -0.05) is 13.8 Å². The van der Waals surface area contributed by atoms with Crippen molar-refractivity contribution in [1.29, 1.82) is 0 Å². The Balaban J connectivity index is 2.52. The molecule has 1 heterocycles. The first-order valence-electron chi connectivity index (χ1n) is 3.52. The Labute approximate surface area is 64.0 Å². The highest BCUT2D eigenvalue weighted by Gasteiger charge is 2.21. The fraction of sp³-hybridized carbons (Fsp3) is 0.714. The third kappa shape index (κ3) is 1.82. The molecule has 0 radical (unpaired) electrons. The largest absolute Gasteiger partial charge is 0.278 e. The van der Waals surface area contributed by atoms with E-state index in [0.717, 1.165) is 5.71 Å². The fourth-order valence-electron chi connectivity index (χ4n) is 0.825. The van der Waals surface area contributed by atoms with Gasteiger partial charge in [0.1, 0.15) is 5.71 Å². The van der Waals surface area contributed by atoms with Crippen LogP contribution < -0.4 is 0 Å². The van der Waals surface area contributed by atoms with E-state index >= 15 is 0 Å². The second-order valence-electron chi connectivity index (χ2n) is 2.81. The molecule has 2 nitrogen and oxygen atoms in total. The molecule has 11 heavy (non-hydrogen) atoms. The van der Waals surface area contributed by atoms with Crippen molar-refractivity contribution < 1.29 is 8.78 Å². The lowest BCUT2D eigenvalue weighted by Crippen LogP contribution is -2.14. The minimum atomic E-state index is -2.45. The zero-order chi connectivity index (χ0) is 8.43. The van der Waals surface area contributed by atoms with E-state index in [4.69, 9.17) is 0 Å². The van der Waals surface area contributed by atoms with Gasteiger partial charge in [-0.3, -0.25) is 0 Å². The zero-order valence-electron chi connectivity index (χ0n) is 6.51. The van der Waals surface area contributed by atoms with Crippen LogP contribution in [0.2, 0.25) is 0 Å². The van der Waals surface area contributed by atoms with Gasteiger partial charge in [0.05, 0.1) is 0 Å². The molecule has 0 aromatic rings. The van der Waals surface area contributed by atoms with Crippen molar-refractivity contribution in [1.82, 2.24) is 0 Å². The van der Waals surface area contributed by atoms with Crippen LogP contribution in [0.1, 0.15) is 20.3 Å². The first-order valence-corrected chi connectivity index (χ1v) is 3.52. The van der Waals surface area contributed by atoms with Gasteiger partial charge in [0.25, 0.3) is 6.43 Å². The van der Waals surface area contributed by atoms with Crippen LogP contribution in [0.5, 0.6) is 0 Å². The van der Waals surface area contributed by atoms with E-state index in [2.05, 4.69) is 10.2 Å². The van der Waals surface area contributed by atoms with E-state index in [9.17, 15) is 8.78 Å². The van der Waals surface area contributed by atoms with Gasteiger partial charge in [-0.2, -0.15) is 10.2 Å². The topological polar surface area (TPSA) is 24.7 Å². The third-order valence-corrected chi connectivity index (χ3v) is 1.59. The lowest BCUT2D eigenvalue weighted by Gasteiger charge is -2.02. The summed E-state index contributed by atoms with van der Waals surface area (Å²) in [7, 11) is 0. The molecule has 1 aliphatic rings. The summed E-state index contributed by atoms with van der Waals surface area (Å²) in [6, 6.07) is 0. The molecule has 0 spiro atoms. The number of rotatable bonds is 2. The van der Waals surface area contributed by atoms with Crippen LogP contribution >= 0.6 is 0 Å². The van der Waals surface area contributed by atoms with Gasteiger partial charge in [0.2, 0.25) is 0 Å². The van der Waals surface area contributed by atoms with Gasteiger partial charge in [-0.15, -0.1) is 0 Å². The van der Waals surface area contributed by atoms with E-state index in [1.54, 1.807) is 0 Å². The number of hydrogen-bond acceptors (Lipinski definition) is 2. The first-order chi connectivity index (χ1) is 5.11. The van der Waals surface area contributed by atoms with Crippen LogP contribution in [0.15, 0.2) is 10.2 Å². The predicted octanol–water partition coefficient (Wildman–Crippen LogP) is 2.11. The smallest absolute Gasteiger partial charge is 0.204 e. The predicted molar refractivity (Wildman–Crippen MR) is 40.3 cm³/mol. The van der Waals surface area contributed by atoms with E-state index in [1.807, 2.05) is 13.8 Å². The van der Waals surface area contributed by atoms with Gasteiger partial charge in [0.15, 0.2) is 0 Å². The molecule has 0 saturated heterocycles. The quantitative estimate of drug-likeness (QED) is 0.591. The maximum Gasteiger partial charge on any atom is 0.278 e. The van der Waals surface area contributed by atoms with Crippen molar-refractivity contribution in [2.45, 2.75) is 26.7 Å². The summed E-state index contributed by atoms with van der Waals surface area (Å²) in [4.78, 5) is 0. The number of halogens is 2. The lowest BCUT2D eigenvalue weighted by atomic mass is 10.0. The summed E-state index contributed by atoms with van der Waals surface area (Å²) >= 11 is 0. The molecule has 0 aliphatic carbocycles. The van der Waals surface area contributed by atoms with Crippen molar-refractivity contribution in [3.63, 3.8) is 0 Å². The molecular formula is C7H10F2N2. The van der Waals surface area contributed by atoms with Gasteiger partial charge in [-0.05, 0) is 5.92 Å². The molecule has 1 rings (SSSR count). The summed E-state index contributed by atoms with van der Waals surface area (Å²) < 4.78 is 23.9. The first kappa shape index (κ1) is 8.30. The van der Waals surface area contributed by atoms with E-state index in [1.165, 1.54) is 0 Å². The molecule has 0 saturated carbocycles. The second-order valence-corrected chi connectivity index (χ2v) is 2.81. The van der Waals surface area contributed by atoms with Gasteiger partial charge < -0.3 is 0 Å². The van der Waals surface area contributed by atoms with Crippen molar-refractivity contribution in [3.8, 4) is 0 Å². The van der Waals surface area contributed by atoms with Crippen LogP contribution in [0.25, 0.3) is 0 Å². The minimum Gasteiger partial charge on any atom is -0.204 e. The number of alkyl halides is 2. The maximum atomic E-state index is 12.0. The molecule has 0 aromatic heterocycles. The molecule has 0 aromatic carbocycles. The Kier molecular flexibility index (Phi) is 2.31. The Morgan fingerprint density at radius 3 is 2.00 bits per heavy atom. The Bertz CT molecular complexity index is 184. The van der Waals surface area contributed by atoms with Crippen molar-refractivity contribution >= 4 is 11.4 Å². The van der Waals surface area contributed by atoms with Crippen LogP contribution in [-0.4, -0.2) is 17.8 Å². The van der Waals surface area contributed by atoms with E-state index < -0.39 is 6.43 Å². The average molecular weight is 160 g/mol. The average Bonchev–Trinajstić information content (AvgIpc) is 2.33. The maximum absolute atomic E-state index is 12.0. The standard InChI is InChI=1S/C7H10F2N2/c1-4(2)5-3-6(7(8)9)11-10-5/h4,7H,3H2,1-2H3. The SMILES string of the molecule is CC(C)C1=NN=C(C(F)F)C1. The molecule has 4 heteroatoms. The van der Waals surface area contributed by atoms with Crippen LogP contribution in [-0.2, 0) is 0 Å². The molecule has 0 unspecified atom stereocenters. The second kappa shape index (κ2) is 3.07. The van der Waals surface area contributed by atoms with E-state index in [0.29, 0.717) is 0 Å². The summed E-state index contributed by atoms with van der Waals surface area (Å²) in [5.74, 6) is 0.218. The molecule has 0 bridgehead atoms. The molecular weight excluding hydrogens is 150 g/mol. The molecule has 62 valence electrons. The Hall–Kier alpha value is -0.800. The summed E-state index contributed by atoms with van der Waals surface area (Å²) in [5, 5.41) is 7.06. The summed E-state index contributed by atoms with van der Waals surface area (Å²) in [6.07, 6.45) is -2.20. The molecule has 1 aliphatic heterocycles. The van der Waals surface area contributed by atoms with Gasteiger partial charge in [0, 0.05) is 12.1 Å². The lowest BCUT2D eigenvalue weighted by molar-refractivity contribution is 0.224. The van der Waals surface area contributed by atoms with Crippen LogP contribution in [0, 0.1) is 5.92 Å². The highest BCUT2D eigenvalue weighted by atomic mass is 19.3. The number of nitrogens with zero attached hydrogens (tertiary/aromatic N) is 2. The third-order valence-electron chi connectivity index (χ3n) is 1.59. The molecule has 0 amide bonds. The summed E-state index contributed by atoms with van der Waals surface area (Å²) in [5.41, 5.74) is 0.647. The van der Waals surface area contributed by atoms with Crippen LogP contribution in [0.4, 0.5) is 8.78 Å². The van der Waals surface area contributed by atoms with Crippen molar-refractivity contribution in [2.75, 3.05) is 0 Å². The normalized spacial score (nSPS) is 17.6. The molecule has 0 atom stereocenters. The van der Waals surface area contributed by atoms with Gasteiger partial charge >= 0.3 is 0 Å². The number of hydrogen-bond donors (Lipinski definition) is 0. The van der Waals surface area contributed by atoms with E-state index in [-0.39, 0.29) is 18.1 Å². The summed E-state index contributed by atoms with van der Waals surface area (Å²) in [6.45, 7) is 3.84. The highest BCUT2D eigenvalue weighted by Crippen LogP contribution is 2.14. The van der Waals surface area contributed by atoms with Crippen molar-refractivity contribution in [3.05, 3.63) is 0 Å².